The Kier molecular flexibility index (Phi) is 4.76. The van der Waals surface area contributed by atoms with E-state index in [0.717, 1.165) is 34.2 Å². The number of ketones is 1. The van der Waals surface area contributed by atoms with Crippen LogP contribution in [0.3, 0.4) is 0 Å². The van der Waals surface area contributed by atoms with Gasteiger partial charge in [-0.2, -0.15) is 18.3 Å². The van der Waals surface area contributed by atoms with Gasteiger partial charge in [-0.25, -0.2) is 4.90 Å². The number of hydrazone groups is 1. The number of alkyl halides is 3. The minimum Gasteiger partial charge on any atom is -0.297 e. The zero-order chi connectivity index (χ0) is 24.6. The van der Waals surface area contributed by atoms with Gasteiger partial charge in [-0.3, -0.25) is 19.4 Å². The highest BCUT2D eigenvalue weighted by atomic mass is 19.4. The van der Waals surface area contributed by atoms with E-state index in [0.29, 0.717) is 0 Å². The molecule has 0 aromatic heterocycles. The van der Waals surface area contributed by atoms with E-state index in [1.54, 1.807) is 38.1 Å². The molecule has 6 nitrogen and oxygen atoms in total. The van der Waals surface area contributed by atoms with Crippen LogP contribution in [0, 0.1) is 17.3 Å². The molecule has 34 heavy (non-hydrogen) atoms. The maximum atomic E-state index is 13.7. The van der Waals surface area contributed by atoms with Crippen molar-refractivity contribution in [2.75, 3.05) is 4.90 Å². The van der Waals surface area contributed by atoms with E-state index in [-0.39, 0.29) is 11.5 Å². The third-order valence-corrected chi connectivity index (χ3v) is 6.73. The van der Waals surface area contributed by atoms with E-state index >= 15 is 0 Å². The first-order valence-corrected chi connectivity index (χ1v) is 10.9. The van der Waals surface area contributed by atoms with Crippen LogP contribution in [0.5, 0.6) is 0 Å². The van der Waals surface area contributed by atoms with Crippen LogP contribution >= 0.6 is 0 Å². The van der Waals surface area contributed by atoms with Crippen molar-refractivity contribution in [1.82, 2.24) is 5.01 Å². The Balaban J connectivity index is 1.65. The number of carbonyl (C=O) groups is 3. The molecule has 0 spiro atoms. The molecule has 5 rings (SSSR count). The molecule has 0 N–H and O–H groups in total. The maximum Gasteiger partial charge on any atom is 0.416 e. The summed E-state index contributed by atoms with van der Waals surface area (Å²) < 4.78 is 39.9. The van der Waals surface area contributed by atoms with Gasteiger partial charge in [-0.1, -0.05) is 51.1 Å². The number of nitrogens with zero attached hydrogens (tertiary/aromatic N) is 3. The normalized spacial score (nSPS) is 25.9. The first-order chi connectivity index (χ1) is 15.9. The lowest BCUT2D eigenvalue weighted by molar-refractivity contribution is -0.137. The Labute approximate surface area is 194 Å². The monoisotopic (exact) mass is 469 g/mol. The van der Waals surface area contributed by atoms with E-state index in [1.807, 2.05) is 18.2 Å². The van der Waals surface area contributed by atoms with E-state index in [1.165, 1.54) is 6.07 Å². The smallest absolute Gasteiger partial charge is 0.297 e. The number of carbonyl (C=O) groups excluding carboxylic acids is 3. The van der Waals surface area contributed by atoms with Crippen molar-refractivity contribution < 1.29 is 27.6 Å². The number of imide groups is 1. The second-order valence-electron chi connectivity index (χ2n) is 9.87. The van der Waals surface area contributed by atoms with Crippen molar-refractivity contribution in [2.45, 2.75) is 39.0 Å². The fourth-order valence-corrected chi connectivity index (χ4v) is 5.19. The molecule has 2 saturated heterocycles. The second kappa shape index (κ2) is 7.25. The molecular formula is C25H22F3N3O3. The van der Waals surface area contributed by atoms with E-state index < -0.39 is 52.9 Å². The zero-order valence-electron chi connectivity index (χ0n) is 18.7. The maximum absolute atomic E-state index is 13.7. The van der Waals surface area contributed by atoms with Crippen molar-refractivity contribution in [3.8, 4) is 0 Å². The average molecular weight is 469 g/mol. The molecular weight excluding hydrogens is 447 g/mol. The molecule has 3 aliphatic rings. The van der Waals surface area contributed by atoms with Crippen LogP contribution in [0.15, 0.2) is 53.6 Å². The molecule has 2 amide bonds. The van der Waals surface area contributed by atoms with Gasteiger partial charge in [0.15, 0.2) is 5.78 Å². The van der Waals surface area contributed by atoms with Gasteiger partial charge >= 0.3 is 6.18 Å². The van der Waals surface area contributed by atoms with Gasteiger partial charge in [0, 0.05) is 5.41 Å². The van der Waals surface area contributed by atoms with Crippen LogP contribution in [0.2, 0.25) is 0 Å². The van der Waals surface area contributed by atoms with Crippen molar-refractivity contribution in [3.05, 3.63) is 65.2 Å². The molecule has 9 heteroatoms. The number of hydrogen-bond donors (Lipinski definition) is 0. The number of anilines is 1. The summed E-state index contributed by atoms with van der Waals surface area (Å²) in [5, 5.41) is 6.01. The topological polar surface area (TPSA) is 70.0 Å². The van der Waals surface area contributed by atoms with Crippen LogP contribution < -0.4 is 4.90 Å². The van der Waals surface area contributed by atoms with Crippen LogP contribution in [-0.2, 0) is 20.6 Å². The predicted octanol–water partition coefficient (Wildman–Crippen LogP) is 4.20. The van der Waals surface area contributed by atoms with E-state index in [9.17, 15) is 27.6 Å². The molecule has 0 radical (unpaired) electrons. The highest BCUT2D eigenvalue weighted by Crippen LogP contribution is 2.53. The lowest BCUT2D eigenvalue weighted by Crippen LogP contribution is -2.48. The lowest BCUT2D eigenvalue weighted by Gasteiger charge is -2.35. The summed E-state index contributed by atoms with van der Waals surface area (Å²) in [6.45, 7) is 5.18. The fraction of sp³-hybridized carbons (Fsp3) is 0.360. The van der Waals surface area contributed by atoms with Gasteiger partial charge in [0.2, 0.25) is 11.8 Å². The second-order valence-corrected chi connectivity index (χ2v) is 9.87. The number of halogens is 3. The summed E-state index contributed by atoms with van der Waals surface area (Å²) in [4.78, 5) is 41.6. The number of benzene rings is 2. The summed E-state index contributed by atoms with van der Waals surface area (Å²) in [6.07, 6.45) is -3.02. The van der Waals surface area contributed by atoms with Crippen molar-refractivity contribution >= 4 is 29.5 Å². The SMILES string of the molecule is CC(C)(C)C(=O)[C@@H]1[C@@H]2C(=O)N(c3cccc(C(F)(F)F)c3)C(=O)[C@@H]2[C@H]2c3ccccc3C=NN12. The average Bonchev–Trinajstić information content (AvgIpc) is 3.25. The van der Waals surface area contributed by atoms with Crippen LogP contribution in [0.1, 0.15) is 43.5 Å². The summed E-state index contributed by atoms with van der Waals surface area (Å²) in [6, 6.07) is 9.74. The largest absolute Gasteiger partial charge is 0.416 e. The molecule has 0 unspecified atom stereocenters. The first kappa shape index (κ1) is 22.3. The molecule has 176 valence electrons. The standard InChI is InChI=1S/C25H22F3N3O3/c1-24(2,3)21(32)20-18-17(19-16-10-5-4-7-13(16)12-29-31(19)20)22(33)30(23(18)34)15-9-6-8-14(11-15)25(26,27)28/h4-12,17-20H,1-3H3/t17-,18+,19+,20-/m0/s1. The Hall–Kier alpha value is -3.49. The summed E-state index contributed by atoms with van der Waals surface area (Å²) >= 11 is 0. The molecule has 3 heterocycles. The summed E-state index contributed by atoms with van der Waals surface area (Å²) in [5.74, 6) is -3.56. The fourth-order valence-electron chi connectivity index (χ4n) is 5.19. The van der Waals surface area contributed by atoms with Gasteiger partial charge in [-0.15, -0.1) is 0 Å². The molecule has 0 saturated carbocycles. The Morgan fingerprint density at radius 3 is 2.29 bits per heavy atom. The highest BCUT2D eigenvalue weighted by molar-refractivity contribution is 6.24. The minimum absolute atomic E-state index is 0.152. The van der Waals surface area contributed by atoms with E-state index in [2.05, 4.69) is 5.10 Å². The number of fused-ring (bicyclic) bond motifs is 5. The highest BCUT2D eigenvalue weighted by Gasteiger charge is 2.66. The third-order valence-electron chi connectivity index (χ3n) is 6.73. The lowest BCUT2D eigenvalue weighted by atomic mass is 9.79. The first-order valence-electron chi connectivity index (χ1n) is 10.9. The molecule has 0 aliphatic carbocycles. The van der Waals surface area contributed by atoms with Crippen LogP contribution in [0.4, 0.5) is 18.9 Å². The van der Waals surface area contributed by atoms with Crippen molar-refractivity contribution in [1.29, 1.82) is 0 Å². The molecule has 3 aliphatic heterocycles. The third kappa shape index (κ3) is 3.17. The minimum atomic E-state index is -4.63. The van der Waals surface area contributed by atoms with Crippen molar-refractivity contribution in [3.63, 3.8) is 0 Å². The molecule has 4 atom stereocenters. The molecule has 0 bridgehead atoms. The van der Waals surface area contributed by atoms with Gasteiger partial charge in [-0.05, 0) is 29.3 Å². The number of hydrogen-bond acceptors (Lipinski definition) is 5. The quantitative estimate of drug-likeness (QED) is 0.619. The Bertz CT molecular complexity index is 1250. The Morgan fingerprint density at radius 1 is 0.941 bits per heavy atom. The number of rotatable bonds is 2. The molecule has 2 fully saturated rings. The predicted molar refractivity (Wildman–Crippen MR) is 118 cm³/mol. The Morgan fingerprint density at radius 2 is 1.62 bits per heavy atom. The molecule has 2 aromatic carbocycles. The van der Waals surface area contributed by atoms with Gasteiger partial charge in [0.25, 0.3) is 0 Å². The van der Waals surface area contributed by atoms with Crippen LogP contribution in [0.25, 0.3) is 0 Å². The van der Waals surface area contributed by atoms with E-state index in [4.69, 9.17) is 0 Å². The summed E-state index contributed by atoms with van der Waals surface area (Å²) in [5.41, 5.74) is -0.420. The van der Waals surface area contributed by atoms with Gasteiger partial charge in [0.05, 0.1) is 35.3 Å². The van der Waals surface area contributed by atoms with Gasteiger partial charge < -0.3 is 0 Å². The van der Waals surface area contributed by atoms with Crippen LogP contribution in [-0.4, -0.2) is 34.9 Å². The molecule has 2 aromatic rings. The van der Waals surface area contributed by atoms with Crippen molar-refractivity contribution in [2.24, 2.45) is 22.4 Å². The van der Waals surface area contributed by atoms with Gasteiger partial charge in [0.1, 0.15) is 6.04 Å². The zero-order valence-corrected chi connectivity index (χ0v) is 18.7. The summed E-state index contributed by atoms with van der Waals surface area (Å²) in [7, 11) is 0. The number of Topliss-reactive ketones (excluding diaryl/α,β-unsaturated/α-hetero) is 1. The number of amides is 2.